The molecule has 1 spiro atoms. The van der Waals surface area contributed by atoms with E-state index in [2.05, 4.69) is 5.32 Å². The minimum absolute atomic E-state index is 0.0121. The number of amides is 1. The first kappa shape index (κ1) is 42.8. The Kier molecular flexibility index (Phi) is 12.0. The molecular weight excluding hydrogens is 784 g/mol. The molecule has 2 aromatic rings. The lowest BCUT2D eigenvalue weighted by atomic mass is 9.62. The van der Waals surface area contributed by atoms with Crippen molar-refractivity contribution in [2.45, 2.75) is 138 Å². The highest BCUT2D eigenvalue weighted by atomic mass is 16.8. The molecule has 1 saturated carbocycles. The van der Waals surface area contributed by atoms with Crippen molar-refractivity contribution in [2.24, 2.45) is 5.41 Å². The lowest BCUT2D eigenvalue weighted by Crippen LogP contribution is -2.70. The van der Waals surface area contributed by atoms with Crippen LogP contribution >= 0.6 is 0 Å². The minimum atomic E-state index is -1.54. The third-order valence-corrected chi connectivity index (χ3v) is 12.2. The number of carbonyl (C=O) groups is 3. The van der Waals surface area contributed by atoms with Gasteiger partial charge in [0, 0.05) is 25.7 Å². The summed E-state index contributed by atoms with van der Waals surface area (Å²) in [5, 5.41) is 54.5. The summed E-state index contributed by atoms with van der Waals surface area (Å²) in [4.78, 5) is 48.2. The predicted octanol–water partition coefficient (Wildman–Crippen LogP) is 0.194. The fraction of sp³-hybridized carbons (Fsp3) is 0.605. The SMILES string of the molecule is CC(C)(C)OC(=O)CCC(CO)NC(=O)C12CC3OC(=O)C1N(Cc1ccc(C=CCOC4OC(CO)C(O)C(O)C4O)cc1)OC2C1OC2(Cc4ccccc4C2)OC31. The molecule has 2 bridgehead atoms. The van der Waals surface area contributed by atoms with Gasteiger partial charge in [-0.15, -0.1) is 0 Å². The van der Waals surface area contributed by atoms with Crippen LogP contribution in [0.15, 0.2) is 54.6 Å². The van der Waals surface area contributed by atoms with Gasteiger partial charge in [0.25, 0.3) is 0 Å². The summed E-state index contributed by atoms with van der Waals surface area (Å²) >= 11 is 0. The molecule has 326 valence electrons. The van der Waals surface area contributed by atoms with Crippen LogP contribution in [0, 0.1) is 5.41 Å². The summed E-state index contributed by atoms with van der Waals surface area (Å²) in [7, 11) is 0. The molecular formula is C43H54N2O15. The molecule has 17 heteroatoms. The smallest absolute Gasteiger partial charge is 0.327 e. The number of aliphatic hydroxyl groups is 5. The molecule has 5 fully saturated rings. The topological polar surface area (TPSA) is 232 Å². The average Bonchev–Trinajstić information content (AvgIpc) is 3.89. The Bertz CT molecular complexity index is 1910. The number of hydrogen-bond acceptors (Lipinski definition) is 16. The van der Waals surface area contributed by atoms with Crippen LogP contribution in [0.4, 0.5) is 0 Å². The maximum Gasteiger partial charge on any atom is 0.327 e. The molecule has 8 rings (SSSR count). The molecule has 6 aliphatic rings. The third-order valence-electron chi connectivity index (χ3n) is 12.2. The van der Waals surface area contributed by atoms with Gasteiger partial charge >= 0.3 is 11.9 Å². The second kappa shape index (κ2) is 16.8. The second-order valence-electron chi connectivity index (χ2n) is 17.6. The Morgan fingerprint density at radius 1 is 0.983 bits per heavy atom. The van der Waals surface area contributed by atoms with Gasteiger partial charge in [-0.2, -0.15) is 5.06 Å². The fourth-order valence-corrected chi connectivity index (χ4v) is 9.43. The first-order chi connectivity index (χ1) is 28.6. The van der Waals surface area contributed by atoms with Gasteiger partial charge in [0.15, 0.2) is 18.1 Å². The Balaban J connectivity index is 0.995. The highest BCUT2D eigenvalue weighted by Gasteiger charge is 2.76. The number of benzene rings is 2. The molecule has 60 heavy (non-hydrogen) atoms. The summed E-state index contributed by atoms with van der Waals surface area (Å²) in [6.07, 6.45) is -5.58. The molecule has 0 aromatic heterocycles. The van der Waals surface area contributed by atoms with E-state index in [0.29, 0.717) is 12.8 Å². The molecule has 12 atom stereocenters. The highest BCUT2D eigenvalue weighted by Crippen LogP contribution is 2.58. The molecule has 17 nitrogen and oxygen atoms in total. The van der Waals surface area contributed by atoms with E-state index in [1.807, 2.05) is 48.5 Å². The minimum Gasteiger partial charge on any atom is -0.460 e. The lowest BCUT2D eigenvalue weighted by Gasteiger charge is -2.49. The van der Waals surface area contributed by atoms with Crippen LogP contribution in [0.2, 0.25) is 0 Å². The molecule has 6 N–H and O–H groups in total. The fourth-order valence-electron chi connectivity index (χ4n) is 9.43. The summed E-state index contributed by atoms with van der Waals surface area (Å²) < 4.78 is 36.0. The van der Waals surface area contributed by atoms with Crippen molar-refractivity contribution in [1.29, 1.82) is 0 Å². The number of fused-ring (bicyclic) bond motifs is 5. The summed E-state index contributed by atoms with van der Waals surface area (Å²) in [5.41, 5.74) is 1.52. The van der Waals surface area contributed by atoms with Crippen molar-refractivity contribution in [1.82, 2.24) is 10.4 Å². The molecule has 1 amide bonds. The van der Waals surface area contributed by atoms with Crippen molar-refractivity contribution < 1.29 is 73.2 Å². The van der Waals surface area contributed by atoms with Crippen molar-refractivity contribution in [2.75, 3.05) is 19.8 Å². The Morgan fingerprint density at radius 3 is 2.35 bits per heavy atom. The molecule has 4 heterocycles. The van der Waals surface area contributed by atoms with E-state index < -0.39 is 115 Å². The van der Waals surface area contributed by atoms with Crippen LogP contribution in [-0.2, 0) is 67.0 Å². The van der Waals surface area contributed by atoms with E-state index >= 15 is 0 Å². The van der Waals surface area contributed by atoms with Gasteiger partial charge < -0.3 is 59.3 Å². The number of rotatable bonds is 13. The normalized spacial score (nSPS) is 34.6. The first-order valence-electron chi connectivity index (χ1n) is 20.5. The number of esters is 2. The largest absolute Gasteiger partial charge is 0.460 e. The van der Waals surface area contributed by atoms with Gasteiger partial charge in [-0.05, 0) is 49.4 Å². The summed E-state index contributed by atoms with van der Waals surface area (Å²) in [6, 6.07) is 13.3. The molecule has 4 saturated heterocycles. The van der Waals surface area contributed by atoms with Crippen LogP contribution in [-0.4, -0.2) is 147 Å². The molecule has 0 radical (unpaired) electrons. The average molecular weight is 839 g/mol. The van der Waals surface area contributed by atoms with Crippen LogP contribution < -0.4 is 5.32 Å². The van der Waals surface area contributed by atoms with E-state index in [0.717, 1.165) is 22.3 Å². The van der Waals surface area contributed by atoms with Crippen molar-refractivity contribution >= 4 is 23.9 Å². The van der Waals surface area contributed by atoms with Gasteiger partial charge in [-0.3, -0.25) is 19.2 Å². The Labute approximate surface area is 347 Å². The van der Waals surface area contributed by atoms with Crippen molar-refractivity contribution in [3.8, 4) is 0 Å². The van der Waals surface area contributed by atoms with Gasteiger partial charge in [0.2, 0.25) is 5.91 Å². The van der Waals surface area contributed by atoms with E-state index in [1.165, 1.54) is 5.06 Å². The van der Waals surface area contributed by atoms with E-state index in [1.54, 1.807) is 32.9 Å². The maximum absolute atomic E-state index is 14.8. The van der Waals surface area contributed by atoms with E-state index in [4.69, 9.17) is 33.3 Å². The first-order valence-corrected chi connectivity index (χ1v) is 20.5. The number of nitrogens with one attached hydrogen (secondary N) is 1. The quantitative estimate of drug-likeness (QED) is 0.148. The van der Waals surface area contributed by atoms with Gasteiger partial charge in [-0.1, -0.05) is 60.7 Å². The number of hydroxylamine groups is 2. The standard InChI is InChI=1S/C43H54N2O15/c1-41(2,3)57-30(48)15-14-27(21-46)44-40(53)43-19-28-34-35(59-42(58-34)17-25-8-4-5-9-26(25)18-42)37(43)60-45(36(43)38(52)55-28)20-24-12-10-23(11-13-24)7-6-16-54-39-33(51)32(50)31(49)29(22-47)56-39/h4-13,27-29,31-37,39,46-47,49-51H,14-22H2,1-3H3,(H,44,53). The maximum atomic E-state index is 14.8. The molecule has 4 aliphatic heterocycles. The summed E-state index contributed by atoms with van der Waals surface area (Å²) in [5.74, 6) is -2.66. The van der Waals surface area contributed by atoms with Crippen LogP contribution in [0.25, 0.3) is 6.08 Å². The molecule has 2 aliphatic carbocycles. The monoisotopic (exact) mass is 838 g/mol. The molecule has 2 aromatic carbocycles. The summed E-state index contributed by atoms with van der Waals surface area (Å²) in [6.45, 7) is 4.35. The zero-order valence-electron chi connectivity index (χ0n) is 33.8. The number of hydrogen-bond donors (Lipinski definition) is 6. The second-order valence-corrected chi connectivity index (χ2v) is 17.6. The molecule has 12 unspecified atom stereocenters. The van der Waals surface area contributed by atoms with Crippen molar-refractivity contribution in [3.63, 3.8) is 0 Å². The number of aliphatic hydroxyl groups excluding tert-OH is 5. The highest BCUT2D eigenvalue weighted by molar-refractivity contribution is 5.93. The van der Waals surface area contributed by atoms with Crippen LogP contribution in [0.5, 0.6) is 0 Å². The van der Waals surface area contributed by atoms with Crippen LogP contribution in [0.1, 0.15) is 62.3 Å². The van der Waals surface area contributed by atoms with Crippen molar-refractivity contribution in [3.05, 3.63) is 76.9 Å². The van der Waals surface area contributed by atoms with E-state index in [-0.39, 0.29) is 32.4 Å². The number of carbonyl (C=O) groups excluding carboxylic acids is 3. The Hall–Kier alpha value is -3.85. The van der Waals surface area contributed by atoms with Gasteiger partial charge in [0.1, 0.15) is 59.8 Å². The zero-order valence-corrected chi connectivity index (χ0v) is 33.8. The predicted molar refractivity (Wildman–Crippen MR) is 207 cm³/mol. The van der Waals surface area contributed by atoms with E-state index in [9.17, 15) is 39.9 Å². The number of nitrogens with zero attached hydrogens (tertiary/aromatic N) is 1. The zero-order chi connectivity index (χ0) is 42.6. The van der Waals surface area contributed by atoms with Gasteiger partial charge in [-0.25, -0.2) is 0 Å². The number of ether oxygens (including phenoxy) is 6. The van der Waals surface area contributed by atoms with Gasteiger partial charge in [0.05, 0.1) is 32.4 Å². The Morgan fingerprint density at radius 2 is 1.68 bits per heavy atom. The lowest BCUT2D eigenvalue weighted by molar-refractivity contribution is -0.298. The third kappa shape index (κ3) is 8.13. The van der Waals surface area contributed by atoms with Crippen LogP contribution in [0.3, 0.4) is 0 Å².